The molecule has 0 spiro atoms. The first-order valence-electron chi connectivity index (χ1n) is 7.11. The maximum atomic E-state index is 12.3. The average molecular weight is 272 g/mol. The van der Waals surface area contributed by atoms with Crippen molar-refractivity contribution in [3.05, 3.63) is 35.9 Å². The zero-order chi connectivity index (χ0) is 14.5. The fraction of sp³-hybridized carbons (Fsp3) is 0.353. The Balaban J connectivity index is 2.28. The van der Waals surface area contributed by atoms with Gasteiger partial charge in [0.15, 0.2) is 5.78 Å². The van der Waals surface area contributed by atoms with Crippen molar-refractivity contribution in [1.29, 1.82) is 0 Å². The van der Waals surface area contributed by atoms with Crippen LogP contribution in [0.1, 0.15) is 49.4 Å². The van der Waals surface area contributed by atoms with Gasteiger partial charge in [-0.1, -0.05) is 32.3 Å². The number of fused-ring (bicyclic) bond motifs is 1. The minimum absolute atomic E-state index is 0.0173. The molecule has 0 radical (unpaired) electrons. The summed E-state index contributed by atoms with van der Waals surface area (Å²) in [4.78, 5) is 12.3. The highest BCUT2D eigenvalue weighted by atomic mass is 16.3. The minimum atomic E-state index is -0.0325. The third kappa shape index (κ3) is 3.10. The number of rotatable bonds is 6. The van der Waals surface area contributed by atoms with Crippen LogP contribution in [0.15, 0.2) is 30.3 Å². The number of aromatic hydroxyl groups is 2. The summed E-state index contributed by atoms with van der Waals surface area (Å²) in [5.74, 6) is 0.142. The Morgan fingerprint density at radius 3 is 2.60 bits per heavy atom. The molecular formula is C17H20O3. The van der Waals surface area contributed by atoms with Gasteiger partial charge < -0.3 is 10.2 Å². The van der Waals surface area contributed by atoms with E-state index in [1.165, 1.54) is 12.1 Å². The summed E-state index contributed by atoms with van der Waals surface area (Å²) >= 11 is 0. The number of benzene rings is 2. The molecule has 0 amide bonds. The molecule has 0 aliphatic heterocycles. The van der Waals surface area contributed by atoms with Gasteiger partial charge in [-0.3, -0.25) is 4.79 Å². The molecule has 2 aromatic rings. The molecular weight excluding hydrogens is 252 g/mol. The summed E-state index contributed by atoms with van der Waals surface area (Å²) in [7, 11) is 0. The van der Waals surface area contributed by atoms with Crippen molar-refractivity contribution in [2.75, 3.05) is 0 Å². The number of carbonyl (C=O) groups excluding carboxylic acids is 1. The molecule has 2 aromatic carbocycles. The lowest BCUT2D eigenvalue weighted by atomic mass is 9.97. The number of unbranched alkanes of at least 4 members (excludes halogenated alkanes) is 3. The van der Waals surface area contributed by atoms with Crippen LogP contribution < -0.4 is 0 Å². The van der Waals surface area contributed by atoms with Gasteiger partial charge in [-0.25, -0.2) is 0 Å². The van der Waals surface area contributed by atoms with Gasteiger partial charge in [0.05, 0.1) is 5.56 Å². The van der Waals surface area contributed by atoms with Crippen LogP contribution in [0.4, 0.5) is 0 Å². The molecule has 0 aliphatic carbocycles. The normalized spacial score (nSPS) is 10.8. The minimum Gasteiger partial charge on any atom is -0.508 e. The topological polar surface area (TPSA) is 57.5 Å². The highest BCUT2D eigenvalue weighted by Crippen LogP contribution is 2.30. The van der Waals surface area contributed by atoms with E-state index in [1.54, 1.807) is 18.2 Å². The van der Waals surface area contributed by atoms with Crippen molar-refractivity contribution in [2.45, 2.75) is 39.0 Å². The molecule has 0 saturated carbocycles. The van der Waals surface area contributed by atoms with E-state index in [-0.39, 0.29) is 17.3 Å². The predicted molar refractivity (Wildman–Crippen MR) is 80.4 cm³/mol. The van der Waals surface area contributed by atoms with Gasteiger partial charge in [0.2, 0.25) is 0 Å². The van der Waals surface area contributed by atoms with Crippen LogP contribution in [-0.2, 0) is 0 Å². The quantitative estimate of drug-likeness (QED) is 0.605. The van der Waals surface area contributed by atoms with Crippen LogP contribution in [0.5, 0.6) is 11.5 Å². The van der Waals surface area contributed by atoms with Crippen LogP contribution in [-0.4, -0.2) is 16.0 Å². The van der Waals surface area contributed by atoms with Crippen LogP contribution in [0.2, 0.25) is 0 Å². The molecule has 0 aromatic heterocycles. The number of phenols is 2. The van der Waals surface area contributed by atoms with Gasteiger partial charge in [0.1, 0.15) is 11.5 Å². The van der Waals surface area contributed by atoms with E-state index in [2.05, 4.69) is 6.92 Å². The smallest absolute Gasteiger partial charge is 0.167 e. The average Bonchev–Trinajstić information content (AvgIpc) is 2.43. The molecule has 0 fully saturated rings. The zero-order valence-corrected chi connectivity index (χ0v) is 11.7. The van der Waals surface area contributed by atoms with E-state index in [0.717, 1.165) is 31.1 Å². The fourth-order valence-electron chi connectivity index (χ4n) is 2.44. The van der Waals surface area contributed by atoms with Crippen molar-refractivity contribution < 1.29 is 15.0 Å². The Morgan fingerprint density at radius 2 is 1.85 bits per heavy atom. The largest absolute Gasteiger partial charge is 0.508 e. The summed E-state index contributed by atoms with van der Waals surface area (Å²) in [6.45, 7) is 2.13. The fourth-order valence-corrected chi connectivity index (χ4v) is 2.44. The molecule has 20 heavy (non-hydrogen) atoms. The molecule has 0 unspecified atom stereocenters. The van der Waals surface area contributed by atoms with Crippen LogP contribution in [0, 0.1) is 0 Å². The molecule has 3 heteroatoms. The number of ketones is 1. The second kappa shape index (κ2) is 6.42. The maximum absolute atomic E-state index is 12.3. The maximum Gasteiger partial charge on any atom is 0.167 e. The Hall–Kier alpha value is -2.03. The summed E-state index contributed by atoms with van der Waals surface area (Å²) < 4.78 is 0. The summed E-state index contributed by atoms with van der Waals surface area (Å²) in [6, 6.07) is 8.04. The monoisotopic (exact) mass is 272 g/mol. The lowest BCUT2D eigenvalue weighted by Gasteiger charge is -2.08. The Kier molecular flexibility index (Phi) is 4.61. The lowest BCUT2D eigenvalue weighted by molar-refractivity contribution is 0.0978. The van der Waals surface area contributed by atoms with Crippen LogP contribution in [0.3, 0.4) is 0 Å². The Bertz CT molecular complexity index is 617. The van der Waals surface area contributed by atoms with Crippen molar-refractivity contribution >= 4 is 16.6 Å². The molecule has 3 nitrogen and oxygen atoms in total. The third-order valence-corrected chi connectivity index (χ3v) is 3.52. The van der Waals surface area contributed by atoms with E-state index in [1.807, 2.05) is 0 Å². The highest BCUT2D eigenvalue weighted by molar-refractivity contribution is 6.10. The molecule has 2 rings (SSSR count). The van der Waals surface area contributed by atoms with Gasteiger partial charge in [-0.15, -0.1) is 0 Å². The number of phenolic OH excluding ortho intramolecular Hbond substituents is 2. The molecule has 106 valence electrons. The van der Waals surface area contributed by atoms with E-state index in [0.29, 0.717) is 17.4 Å². The second-order valence-electron chi connectivity index (χ2n) is 5.10. The van der Waals surface area contributed by atoms with Gasteiger partial charge in [0, 0.05) is 6.42 Å². The number of hydrogen-bond donors (Lipinski definition) is 2. The van der Waals surface area contributed by atoms with Crippen molar-refractivity contribution in [3.8, 4) is 11.5 Å². The summed E-state index contributed by atoms with van der Waals surface area (Å²) in [6.07, 6.45) is 4.60. The number of carbonyl (C=O) groups is 1. The number of hydrogen-bond acceptors (Lipinski definition) is 3. The van der Waals surface area contributed by atoms with Crippen LogP contribution in [0.25, 0.3) is 10.8 Å². The molecule has 0 bridgehead atoms. The van der Waals surface area contributed by atoms with E-state index in [9.17, 15) is 15.0 Å². The standard InChI is InChI=1S/C17H20O3/c1-2-3-4-5-6-15(19)17-14-9-8-13(18)11-12(14)7-10-16(17)20/h7-11,18,20H,2-6H2,1H3. The third-order valence-electron chi connectivity index (χ3n) is 3.52. The molecule has 2 N–H and O–H groups in total. The van der Waals surface area contributed by atoms with Crippen molar-refractivity contribution in [2.24, 2.45) is 0 Å². The first kappa shape index (κ1) is 14.4. The van der Waals surface area contributed by atoms with Gasteiger partial charge in [-0.2, -0.15) is 0 Å². The van der Waals surface area contributed by atoms with E-state index < -0.39 is 0 Å². The number of Topliss-reactive ketones (excluding diaryl/α,β-unsaturated/α-hetero) is 1. The van der Waals surface area contributed by atoms with E-state index in [4.69, 9.17) is 0 Å². The summed E-state index contributed by atoms with van der Waals surface area (Å²) in [5.41, 5.74) is 0.374. The van der Waals surface area contributed by atoms with Gasteiger partial charge in [-0.05, 0) is 41.5 Å². The molecule has 0 aliphatic rings. The van der Waals surface area contributed by atoms with Crippen molar-refractivity contribution in [1.82, 2.24) is 0 Å². The van der Waals surface area contributed by atoms with Crippen LogP contribution >= 0.6 is 0 Å². The van der Waals surface area contributed by atoms with Gasteiger partial charge >= 0.3 is 0 Å². The molecule has 0 saturated heterocycles. The highest BCUT2D eigenvalue weighted by Gasteiger charge is 2.15. The first-order valence-corrected chi connectivity index (χ1v) is 7.11. The second-order valence-corrected chi connectivity index (χ2v) is 5.10. The summed E-state index contributed by atoms with van der Waals surface area (Å²) in [5, 5.41) is 20.9. The SMILES string of the molecule is CCCCCCC(=O)c1c(O)ccc2cc(O)ccc12. The predicted octanol–water partition coefficient (Wildman–Crippen LogP) is 4.40. The van der Waals surface area contributed by atoms with Gasteiger partial charge in [0.25, 0.3) is 0 Å². The Labute approximate surface area is 118 Å². The van der Waals surface area contributed by atoms with Crippen molar-refractivity contribution in [3.63, 3.8) is 0 Å². The Morgan fingerprint density at radius 1 is 1.05 bits per heavy atom. The molecule has 0 heterocycles. The first-order chi connectivity index (χ1) is 9.63. The zero-order valence-electron chi connectivity index (χ0n) is 11.7. The molecule has 0 atom stereocenters. The van der Waals surface area contributed by atoms with E-state index >= 15 is 0 Å². The lowest BCUT2D eigenvalue weighted by Crippen LogP contribution is -2.00.